The molecule has 2 N–H and O–H groups in total. The summed E-state index contributed by atoms with van der Waals surface area (Å²) < 4.78 is 8.09. The summed E-state index contributed by atoms with van der Waals surface area (Å²) in [6, 6.07) is 3.50. The van der Waals surface area contributed by atoms with Gasteiger partial charge in [-0.15, -0.1) is 0 Å². The van der Waals surface area contributed by atoms with Crippen LogP contribution in [0, 0.1) is 0 Å². The van der Waals surface area contributed by atoms with E-state index in [4.69, 9.17) is 4.42 Å². The number of carbonyl (C=O) groups is 2. The SMILES string of the molecule is Cn1cc(C(=O)Nc2cnn(C)c2C(=O)NCc2ccco2)cn1. The van der Waals surface area contributed by atoms with Crippen molar-refractivity contribution in [1.82, 2.24) is 24.9 Å². The van der Waals surface area contributed by atoms with Gasteiger partial charge < -0.3 is 15.1 Å². The highest BCUT2D eigenvalue weighted by Gasteiger charge is 2.19. The monoisotopic (exact) mass is 328 g/mol. The molecular formula is C15H16N6O3. The summed E-state index contributed by atoms with van der Waals surface area (Å²) in [5, 5.41) is 13.4. The van der Waals surface area contributed by atoms with Crippen LogP contribution in [-0.2, 0) is 20.6 Å². The maximum atomic E-state index is 12.4. The molecular weight excluding hydrogens is 312 g/mol. The Bertz CT molecular complexity index is 862. The normalized spacial score (nSPS) is 10.6. The van der Waals surface area contributed by atoms with Gasteiger partial charge in [-0.05, 0) is 12.1 Å². The molecule has 0 bridgehead atoms. The molecule has 0 unspecified atom stereocenters. The molecule has 0 aliphatic rings. The topological polar surface area (TPSA) is 107 Å². The smallest absolute Gasteiger partial charge is 0.272 e. The second-order valence-corrected chi connectivity index (χ2v) is 5.15. The number of furan rings is 1. The average molecular weight is 328 g/mol. The number of hydrogen-bond acceptors (Lipinski definition) is 5. The number of nitrogens with one attached hydrogen (secondary N) is 2. The molecule has 3 aromatic rings. The summed E-state index contributed by atoms with van der Waals surface area (Å²) in [6.07, 6.45) is 5.99. The lowest BCUT2D eigenvalue weighted by atomic mass is 10.3. The molecule has 0 saturated heterocycles. The predicted octanol–water partition coefficient (Wildman–Crippen LogP) is 0.929. The van der Waals surface area contributed by atoms with Crippen molar-refractivity contribution in [2.75, 3.05) is 5.32 Å². The second kappa shape index (κ2) is 6.41. The van der Waals surface area contributed by atoms with Gasteiger partial charge in [0.1, 0.15) is 11.5 Å². The minimum Gasteiger partial charge on any atom is -0.467 e. The van der Waals surface area contributed by atoms with Crippen LogP contribution >= 0.6 is 0 Å². The molecule has 0 atom stereocenters. The van der Waals surface area contributed by atoms with E-state index in [1.807, 2.05) is 0 Å². The summed E-state index contributed by atoms with van der Waals surface area (Å²) in [7, 11) is 3.34. The lowest BCUT2D eigenvalue weighted by Gasteiger charge is -2.07. The Morgan fingerprint density at radius 3 is 2.71 bits per heavy atom. The molecule has 0 fully saturated rings. The van der Waals surface area contributed by atoms with E-state index in [1.165, 1.54) is 28.0 Å². The Morgan fingerprint density at radius 2 is 2.04 bits per heavy atom. The van der Waals surface area contributed by atoms with E-state index in [0.717, 1.165) is 0 Å². The molecule has 124 valence electrons. The van der Waals surface area contributed by atoms with Gasteiger partial charge in [0.25, 0.3) is 11.8 Å². The van der Waals surface area contributed by atoms with E-state index in [-0.39, 0.29) is 24.1 Å². The van der Waals surface area contributed by atoms with E-state index >= 15 is 0 Å². The van der Waals surface area contributed by atoms with Crippen LogP contribution in [0.1, 0.15) is 26.6 Å². The molecule has 3 rings (SSSR count). The quantitative estimate of drug-likeness (QED) is 0.724. The van der Waals surface area contributed by atoms with E-state index < -0.39 is 0 Å². The van der Waals surface area contributed by atoms with Gasteiger partial charge in [-0.3, -0.25) is 19.0 Å². The highest BCUT2D eigenvalue weighted by atomic mass is 16.3. The van der Waals surface area contributed by atoms with E-state index in [0.29, 0.717) is 17.0 Å². The standard InChI is InChI=1S/C15H16N6O3/c1-20-9-10(6-17-20)14(22)19-12-8-18-21(2)13(12)15(23)16-7-11-4-3-5-24-11/h3-6,8-9H,7H2,1-2H3,(H,16,23)(H,19,22). The number of anilines is 1. The van der Waals surface area contributed by atoms with Crippen molar-refractivity contribution >= 4 is 17.5 Å². The number of carbonyl (C=O) groups excluding carboxylic acids is 2. The van der Waals surface area contributed by atoms with Gasteiger partial charge in [0.2, 0.25) is 0 Å². The van der Waals surface area contributed by atoms with E-state index in [9.17, 15) is 9.59 Å². The summed E-state index contributed by atoms with van der Waals surface area (Å²) in [5.41, 5.74) is 0.963. The second-order valence-electron chi connectivity index (χ2n) is 5.15. The van der Waals surface area contributed by atoms with Gasteiger partial charge in [0.05, 0.1) is 36.5 Å². The van der Waals surface area contributed by atoms with Crippen LogP contribution in [0.5, 0.6) is 0 Å². The molecule has 0 aliphatic heterocycles. The molecule has 0 saturated carbocycles. The van der Waals surface area contributed by atoms with Crippen molar-refractivity contribution in [1.29, 1.82) is 0 Å². The number of aryl methyl sites for hydroxylation is 2. The molecule has 0 aromatic carbocycles. The number of nitrogens with zero attached hydrogens (tertiary/aromatic N) is 4. The Balaban J connectivity index is 1.73. The molecule has 9 heteroatoms. The molecule has 9 nitrogen and oxygen atoms in total. The Hall–Kier alpha value is -3.36. The minimum absolute atomic E-state index is 0.243. The van der Waals surface area contributed by atoms with Crippen molar-refractivity contribution in [3.63, 3.8) is 0 Å². The van der Waals surface area contributed by atoms with Gasteiger partial charge in [-0.1, -0.05) is 0 Å². The molecule has 3 aromatic heterocycles. The fourth-order valence-corrected chi connectivity index (χ4v) is 2.20. The van der Waals surface area contributed by atoms with Gasteiger partial charge in [-0.2, -0.15) is 10.2 Å². The van der Waals surface area contributed by atoms with Crippen LogP contribution in [0.4, 0.5) is 5.69 Å². The third kappa shape index (κ3) is 3.19. The fraction of sp³-hybridized carbons (Fsp3) is 0.200. The van der Waals surface area contributed by atoms with Crippen LogP contribution in [-0.4, -0.2) is 31.4 Å². The van der Waals surface area contributed by atoms with Crippen molar-refractivity contribution in [3.05, 3.63) is 54.0 Å². The molecule has 0 aliphatic carbocycles. The Labute approximate surface area is 137 Å². The summed E-state index contributed by atoms with van der Waals surface area (Å²) in [5.74, 6) is -0.101. The largest absolute Gasteiger partial charge is 0.467 e. The lowest BCUT2D eigenvalue weighted by molar-refractivity contribution is 0.0939. The molecule has 3 heterocycles. The van der Waals surface area contributed by atoms with Gasteiger partial charge in [-0.25, -0.2) is 0 Å². The first kappa shape index (κ1) is 15.5. The number of amides is 2. The van der Waals surface area contributed by atoms with Crippen LogP contribution in [0.3, 0.4) is 0 Å². The van der Waals surface area contributed by atoms with Crippen LogP contribution in [0.2, 0.25) is 0 Å². The van der Waals surface area contributed by atoms with Crippen LogP contribution < -0.4 is 10.6 Å². The fourth-order valence-electron chi connectivity index (χ4n) is 2.20. The van der Waals surface area contributed by atoms with E-state index in [1.54, 1.807) is 32.4 Å². The maximum Gasteiger partial charge on any atom is 0.272 e. The maximum absolute atomic E-state index is 12.4. The van der Waals surface area contributed by atoms with Gasteiger partial charge in [0.15, 0.2) is 0 Å². The minimum atomic E-state index is -0.368. The van der Waals surface area contributed by atoms with Crippen LogP contribution in [0.25, 0.3) is 0 Å². The van der Waals surface area contributed by atoms with Crippen molar-refractivity contribution in [2.45, 2.75) is 6.54 Å². The number of rotatable bonds is 5. The molecule has 0 spiro atoms. The molecule has 0 radical (unpaired) electrons. The Morgan fingerprint density at radius 1 is 1.21 bits per heavy atom. The highest BCUT2D eigenvalue weighted by molar-refractivity contribution is 6.08. The molecule has 2 amide bonds. The number of aromatic nitrogens is 4. The number of hydrogen-bond donors (Lipinski definition) is 2. The summed E-state index contributed by atoms with van der Waals surface area (Å²) in [4.78, 5) is 24.6. The summed E-state index contributed by atoms with van der Waals surface area (Å²) in [6.45, 7) is 0.243. The third-order valence-corrected chi connectivity index (χ3v) is 3.37. The third-order valence-electron chi connectivity index (χ3n) is 3.37. The van der Waals surface area contributed by atoms with Crippen molar-refractivity contribution in [2.24, 2.45) is 14.1 Å². The van der Waals surface area contributed by atoms with Gasteiger partial charge >= 0.3 is 0 Å². The van der Waals surface area contributed by atoms with Gasteiger partial charge in [0, 0.05) is 20.3 Å². The van der Waals surface area contributed by atoms with Crippen molar-refractivity contribution in [3.8, 4) is 0 Å². The zero-order valence-electron chi connectivity index (χ0n) is 13.2. The Kier molecular flexibility index (Phi) is 4.15. The zero-order valence-corrected chi connectivity index (χ0v) is 13.2. The van der Waals surface area contributed by atoms with Crippen molar-refractivity contribution < 1.29 is 14.0 Å². The lowest BCUT2D eigenvalue weighted by Crippen LogP contribution is -2.26. The zero-order chi connectivity index (χ0) is 17.1. The van der Waals surface area contributed by atoms with Crippen LogP contribution in [0.15, 0.2) is 41.4 Å². The van der Waals surface area contributed by atoms with E-state index in [2.05, 4.69) is 20.8 Å². The molecule has 24 heavy (non-hydrogen) atoms. The first-order valence-electron chi connectivity index (χ1n) is 7.17. The first-order valence-corrected chi connectivity index (χ1v) is 7.17. The highest BCUT2D eigenvalue weighted by Crippen LogP contribution is 2.15. The first-order chi connectivity index (χ1) is 11.5. The average Bonchev–Trinajstić information content (AvgIpc) is 3.27. The summed E-state index contributed by atoms with van der Waals surface area (Å²) >= 11 is 0. The predicted molar refractivity (Wildman–Crippen MR) is 84.2 cm³/mol.